The van der Waals surface area contributed by atoms with Crippen molar-refractivity contribution in [2.24, 2.45) is 0 Å². The lowest BCUT2D eigenvalue weighted by Crippen LogP contribution is -2.56. The monoisotopic (exact) mass is 401 g/mol. The van der Waals surface area contributed by atoms with Gasteiger partial charge in [-0.2, -0.15) is 13.2 Å². The Morgan fingerprint density at radius 1 is 1.29 bits per heavy atom. The number of rotatable bonds is 8. The Morgan fingerprint density at radius 2 is 2.00 bits per heavy atom. The molecule has 1 aliphatic rings. The van der Waals surface area contributed by atoms with Gasteiger partial charge in [-0.05, 0) is 50.4 Å². The smallest absolute Gasteiger partial charge is 0.385 e. The lowest BCUT2D eigenvalue weighted by atomic mass is 9.84. The summed E-state index contributed by atoms with van der Waals surface area (Å²) in [6, 6.07) is 4.16. The number of amides is 2. The number of carbonyl (C=O) groups excluding carboxylic acids is 1. The van der Waals surface area contributed by atoms with Crippen molar-refractivity contribution in [2.75, 3.05) is 38.7 Å². The number of anilines is 1. The molecule has 1 saturated heterocycles. The number of hydrogen-bond donors (Lipinski definition) is 2. The molecule has 1 heterocycles. The molecule has 0 unspecified atom stereocenters. The Bertz CT molecular complexity index is 629. The molecule has 0 aliphatic carbocycles. The predicted molar refractivity (Wildman–Crippen MR) is 103 cm³/mol. The van der Waals surface area contributed by atoms with Crippen LogP contribution in [0.4, 0.5) is 23.7 Å². The summed E-state index contributed by atoms with van der Waals surface area (Å²) < 4.78 is 43.8. The number of urea groups is 1. The van der Waals surface area contributed by atoms with Gasteiger partial charge in [0, 0.05) is 38.0 Å². The van der Waals surface area contributed by atoms with Crippen molar-refractivity contribution in [3.05, 3.63) is 29.8 Å². The van der Waals surface area contributed by atoms with Crippen molar-refractivity contribution in [3.8, 4) is 0 Å². The Morgan fingerprint density at radius 3 is 2.61 bits per heavy atom. The third-order valence-corrected chi connectivity index (χ3v) is 5.25. The summed E-state index contributed by atoms with van der Waals surface area (Å²) in [4.78, 5) is 14.9. The highest BCUT2D eigenvalue weighted by Gasteiger charge is 2.36. The minimum Gasteiger partial charge on any atom is -0.385 e. The Kier molecular flexibility index (Phi) is 8.12. The van der Waals surface area contributed by atoms with Gasteiger partial charge in [-0.25, -0.2) is 4.79 Å². The Balaban J connectivity index is 1.99. The number of piperidine rings is 1. The van der Waals surface area contributed by atoms with E-state index in [1.165, 1.54) is 12.1 Å². The van der Waals surface area contributed by atoms with E-state index in [-0.39, 0.29) is 5.69 Å². The molecule has 28 heavy (non-hydrogen) atoms. The highest BCUT2D eigenvalue weighted by Crippen LogP contribution is 2.31. The molecule has 0 radical (unpaired) electrons. The number of halogens is 3. The summed E-state index contributed by atoms with van der Waals surface area (Å²) in [5.41, 5.74) is -1.08. The van der Waals surface area contributed by atoms with E-state index in [0.29, 0.717) is 13.0 Å². The fraction of sp³-hybridized carbons (Fsp3) is 0.650. The van der Waals surface area contributed by atoms with Crippen LogP contribution in [0.3, 0.4) is 0 Å². The first-order valence-electron chi connectivity index (χ1n) is 9.76. The zero-order valence-corrected chi connectivity index (χ0v) is 16.6. The highest BCUT2D eigenvalue weighted by atomic mass is 19.4. The van der Waals surface area contributed by atoms with Gasteiger partial charge in [0.15, 0.2) is 0 Å². The van der Waals surface area contributed by atoms with E-state index in [9.17, 15) is 18.0 Å². The lowest BCUT2D eigenvalue weighted by molar-refractivity contribution is -0.137. The van der Waals surface area contributed by atoms with Crippen molar-refractivity contribution in [1.82, 2.24) is 10.2 Å². The minimum atomic E-state index is -4.45. The zero-order valence-electron chi connectivity index (χ0n) is 16.6. The fourth-order valence-electron chi connectivity index (χ4n) is 3.50. The molecule has 0 spiro atoms. The normalized spacial score (nSPS) is 17.3. The Hall–Kier alpha value is -1.80. The molecule has 0 saturated carbocycles. The molecule has 1 aromatic rings. The standard InChI is InChI=1S/C20H30F3N3O2/c1-3-4-11-26-12-8-19(9-13-26,10-14-28-2)25-18(27)24-17-7-5-6-16(15-17)20(21,22)23/h5-7,15H,3-4,8-14H2,1-2H3,(H2,24,25,27). The summed E-state index contributed by atoms with van der Waals surface area (Å²) in [5, 5.41) is 5.56. The third kappa shape index (κ3) is 6.67. The van der Waals surface area contributed by atoms with Gasteiger partial charge in [0.25, 0.3) is 0 Å². The second-order valence-corrected chi connectivity index (χ2v) is 7.38. The van der Waals surface area contributed by atoms with Gasteiger partial charge in [0.05, 0.1) is 5.56 Å². The van der Waals surface area contributed by atoms with E-state index >= 15 is 0 Å². The number of likely N-dealkylation sites (tertiary alicyclic amines) is 1. The quantitative estimate of drug-likeness (QED) is 0.675. The van der Waals surface area contributed by atoms with Crippen LogP contribution < -0.4 is 10.6 Å². The van der Waals surface area contributed by atoms with Crippen LogP contribution in [0.1, 0.15) is 44.6 Å². The van der Waals surface area contributed by atoms with Gasteiger partial charge in [0.1, 0.15) is 0 Å². The SMILES string of the molecule is CCCCN1CCC(CCOC)(NC(=O)Nc2cccc(C(F)(F)F)c2)CC1. The van der Waals surface area contributed by atoms with Crippen LogP contribution in [0.15, 0.2) is 24.3 Å². The summed E-state index contributed by atoms with van der Waals surface area (Å²) in [5.74, 6) is 0. The van der Waals surface area contributed by atoms with Gasteiger partial charge in [0.2, 0.25) is 0 Å². The van der Waals surface area contributed by atoms with E-state index in [1.807, 2.05) is 0 Å². The zero-order chi connectivity index (χ0) is 20.6. The maximum atomic E-state index is 12.9. The van der Waals surface area contributed by atoms with Crippen molar-refractivity contribution >= 4 is 11.7 Å². The van der Waals surface area contributed by atoms with Gasteiger partial charge < -0.3 is 20.3 Å². The number of hydrogen-bond acceptors (Lipinski definition) is 3. The van der Waals surface area contributed by atoms with E-state index in [0.717, 1.165) is 57.5 Å². The average Bonchev–Trinajstić information content (AvgIpc) is 2.65. The predicted octanol–water partition coefficient (Wildman–Crippen LogP) is 4.50. The van der Waals surface area contributed by atoms with E-state index in [2.05, 4.69) is 22.5 Å². The second kappa shape index (κ2) is 10.1. The molecule has 158 valence electrons. The van der Waals surface area contributed by atoms with Crippen molar-refractivity contribution in [3.63, 3.8) is 0 Å². The summed E-state index contributed by atoms with van der Waals surface area (Å²) in [7, 11) is 1.62. The summed E-state index contributed by atoms with van der Waals surface area (Å²) in [6.45, 7) is 5.49. The van der Waals surface area contributed by atoms with Crippen LogP contribution in [-0.4, -0.2) is 49.8 Å². The molecule has 1 aromatic carbocycles. The molecule has 8 heteroatoms. The number of nitrogens with one attached hydrogen (secondary N) is 2. The average molecular weight is 401 g/mol. The van der Waals surface area contributed by atoms with Crippen LogP contribution in [0.25, 0.3) is 0 Å². The number of ether oxygens (including phenoxy) is 1. The maximum absolute atomic E-state index is 12.9. The third-order valence-electron chi connectivity index (χ3n) is 5.25. The van der Waals surface area contributed by atoms with E-state index in [1.54, 1.807) is 7.11 Å². The second-order valence-electron chi connectivity index (χ2n) is 7.38. The van der Waals surface area contributed by atoms with Gasteiger partial charge in [-0.15, -0.1) is 0 Å². The first-order chi connectivity index (χ1) is 13.3. The first kappa shape index (κ1) is 22.5. The van der Waals surface area contributed by atoms with Gasteiger partial charge in [-0.1, -0.05) is 19.4 Å². The van der Waals surface area contributed by atoms with Crippen molar-refractivity contribution < 1.29 is 22.7 Å². The number of methoxy groups -OCH3 is 1. The number of unbranched alkanes of at least 4 members (excludes halogenated alkanes) is 1. The largest absolute Gasteiger partial charge is 0.416 e. The summed E-state index contributed by atoms with van der Waals surface area (Å²) in [6.07, 6.45) is 0.0873. The van der Waals surface area contributed by atoms with Crippen molar-refractivity contribution in [2.45, 2.75) is 50.7 Å². The number of benzene rings is 1. The lowest BCUT2D eigenvalue weighted by Gasteiger charge is -2.42. The number of alkyl halides is 3. The molecule has 2 N–H and O–H groups in total. The molecule has 0 atom stereocenters. The van der Waals surface area contributed by atoms with Gasteiger partial charge >= 0.3 is 12.2 Å². The van der Waals surface area contributed by atoms with Crippen LogP contribution >= 0.6 is 0 Å². The molecular weight excluding hydrogens is 371 g/mol. The number of carbonyl (C=O) groups is 1. The molecule has 0 bridgehead atoms. The molecule has 1 fully saturated rings. The summed E-state index contributed by atoms with van der Waals surface area (Å²) >= 11 is 0. The van der Waals surface area contributed by atoms with Gasteiger partial charge in [-0.3, -0.25) is 0 Å². The highest BCUT2D eigenvalue weighted by molar-refractivity contribution is 5.89. The first-order valence-corrected chi connectivity index (χ1v) is 9.76. The van der Waals surface area contributed by atoms with Crippen LogP contribution in [0.5, 0.6) is 0 Å². The molecule has 0 aromatic heterocycles. The molecule has 2 rings (SSSR count). The number of nitrogens with zero attached hydrogens (tertiary/aromatic N) is 1. The van der Waals surface area contributed by atoms with Crippen LogP contribution in [-0.2, 0) is 10.9 Å². The van der Waals surface area contributed by atoms with Crippen LogP contribution in [0.2, 0.25) is 0 Å². The fourth-order valence-corrected chi connectivity index (χ4v) is 3.50. The van der Waals surface area contributed by atoms with Crippen molar-refractivity contribution in [1.29, 1.82) is 0 Å². The molecule has 2 amide bonds. The molecule has 1 aliphatic heterocycles. The molecule has 5 nitrogen and oxygen atoms in total. The molecular formula is C20H30F3N3O2. The van der Waals surface area contributed by atoms with E-state index < -0.39 is 23.3 Å². The minimum absolute atomic E-state index is 0.120. The maximum Gasteiger partial charge on any atom is 0.416 e. The topological polar surface area (TPSA) is 53.6 Å². The Labute approximate surface area is 164 Å². The van der Waals surface area contributed by atoms with E-state index in [4.69, 9.17) is 4.74 Å². The van der Waals surface area contributed by atoms with Crippen LogP contribution in [0, 0.1) is 0 Å².